The number of alkyl carbamates (subject to hydrolysis) is 1. The van der Waals surface area contributed by atoms with Gasteiger partial charge in [-0.05, 0) is 53.9 Å². The van der Waals surface area contributed by atoms with E-state index in [-0.39, 0.29) is 30.3 Å². The van der Waals surface area contributed by atoms with Crippen LogP contribution < -0.4 is 10.6 Å². The third-order valence-electron chi connectivity index (χ3n) is 6.91. The molecule has 2 atom stereocenters. The van der Waals surface area contributed by atoms with E-state index < -0.39 is 12.1 Å². The average molecular weight is 465 g/mol. The molecule has 2 amide bonds. The Morgan fingerprint density at radius 1 is 0.941 bits per heavy atom. The normalized spacial score (nSPS) is 19.1. The molecule has 0 heterocycles. The highest BCUT2D eigenvalue weighted by atomic mass is 16.5. The quantitative estimate of drug-likeness (QED) is 0.480. The summed E-state index contributed by atoms with van der Waals surface area (Å²) in [5.74, 6) is -0.874. The van der Waals surface area contributed by atoms with E-state index >= 15 is 0 Å². The van der Waals surface area contributed by atoms with Crippen molar-refractivity contribution < 1.29 is 24.2 Å². The lowest BCUT2D eigenvalue weighted by Gasteiger charge is -2.26. The second-order valence-electron chi connectivity index (χ2n) is 9.23. The van der Waals surface area contributed by atoms with Crippen LogP contribution in [0.15, 0.2) is 48.5 Å². The van der Waals surface area contributed by atoms with Crippen LogP contribution >= 0.6 is 0 Å². The first-order valence-corrected chi connectivity index (χ1v) is 12.1. The highest BCUT2D eigenvalue weighted by Crippen LogP contribution is 2.44. The summed E-state index contributed by atoms with van der Waals surface area (Å²) in [4.78, 5) is 35.5. The van der Waals surface area contributed by atoms with Gasteiger partial charge in [-0.25, -0.2) is 4.79 Å². The van der Waals surface area contributed by atoms with Gasteiger partial charge in [0.1, 0.15) is 6.61 Å². The molecule has 0 aliphatic heterocycles. The highest BCUT2D eigenvalue weighted by Gasteiger charge is 2.29. The van der Waals surface area contributed by atoms with Crippen LogP contribution in [0.1, 0.15) is 55.6 Å². The van der Waals surface area contributed by atoms with Crippen LogP contribution in [0.3, 0.4) is 0 Å². The molecule has 1 fully saturated rings. The number of aliphatic carboxylic acids is 1. The van der Waals surface area contributed by atoms with Crippen LogP contribution in [-0.2, 0) is 14.3 Å². The van der Waals surface area contributed by atoms with E-state index in [1.165, 1.54) is 22.3 Å². The zero-order valence-electron chi connectivity index (χ0n) is 19.3. The van der Waals surface area contributed by atoms with Crippen LogP contribution in [0.2, 0.25) is 0 Å². The number of rotatable bonds is 9. The van der Waals surface area contributed by atoms with E-state index in [0.717, 1.165) is 19.3 Å². The van der Waals surface area contributed by atoms with Gasteiger partial charge < -0.3 is 20.5 Å². The molecule has 2 unspecified atom stereocenters. The first-order chi connectivity index (χ1) is 16.5. The maximum absolute atomic E-state index is 12.2. The molecular formula is C27H32N2O5. The second kappa shape index (κ2) is 11.2. The number of fused-ring (bicyclic) bond motifs is 3. The molecule has 0 radical (unpaired) electrons. The molecule has 180 valence electrons. The van der Waals surface area contributed by atoms with Crippen molar-refractivity contribution in [3.05, 3.63) is 59.7 Å². The lowest BCUT2D eigenvalue weighted by atomic mass is 9.81. The van der Waals surface area contributed by atoms with E-state index in [1.807, 2.05) is 24.3 Å². The van der Waals surface area contributed by atoms with Crippen LogP contribution in [0, 0.1) is 11.8 Å². The topological polar surface area (TPSA) is 105 Å². The summed E-state index contributed by atoms with van der Waals surface area (Å²) in [6, 6.07) is 16.4. The summed E-state index contributed by atoms with van der Waals surface area (Å²) >= 11 is 0. The fraction of sp³-hybridized carbons (Fsp3) is 0.444. The molecule has 4 rings (SSSR count). The number of hydrogen-bond acceptors (Lipinski definition) is 4. The van der Waals surface area contributed by atoms with Crippen molar-refractivity contribution in [1.82, 2.24) is 10.6 Å². The Morgan fingerprint density at radius 2 is 1.62 bits per heavy atom. The molecule has 34 heavy (non-hydrogen) atoms. The second-order valence-corrected chi connectivity index (χ2v) is 9.23. The maximum Gasteiger partial charge on any atom is 0.407 e. The summed E-state index contributed by atoms with van der Waals surface area (Å²) < 4.78 is 5.50. The van der Waals surface area contributed by atoms with Gasteiger partial charge in [0, 0.05) is 25.4 Å². The molecule has 0 saturated heterocycles. The maximum atomic E-state index is 12.2. The third kappa shape index (κ3) is 5.76. The van der Waals surface area contributed by atoms with Crippen LogP contribution in [-0.4, -0.2) is 42.8 Å². The molecule has 7 heteroatoms. The van der Waals surface area contributed by atoms with E-state index in [2.05, 4.69) is 34.9 Å². The number of benzene rings is 2. The minimum absolute atomic E-state index is 0.0180. The van der Waals surface area contributed by atoms with Gasteiger partial charge in [0.25, 0.3) is 0 Å². The van der Waals surface area contributed by atoms with Gasteiger partial charge in [-0.3, -0.25) is 9.59 Å². The number of carboxylic acids is 1. The third-order valence-corrected chi connectivity index (χ3v) is 6.91. The van der Waals surface area contributed by atoms with E-state index in [0.29, 0.717) is 32.4 Å². The van der Waals surface area contributed by atoms with Crippen molar-refractivity contribution in [1.29, 1.82) is 0 Å². The van der Waals surface area contributed by atoms with Gasteiger partial charge in [-0.1, -0.05) is 55.0 Å². The predicted molar refractivity (Wildman–Crippen MR) is 128 cm³/mol. The van der Waals surface area contributed by atoms with E-state index in [4.69, 9.17) is 4.74 Å². The lowest BCUT2D eigenvalue weighted by Crippen LogP contribution is -2.34. The summed E-state index contributed by atoms with van der Waals surface area (Å²) in [7, 11) is 0. The molecule has 0 bridgehead atoms. The average Bonchev–Trinajstić information content (AvgIpc) is 3.18. The largest absolute Gasteiger partial charge is 0.481 e. The van der Waals surface area contributed by atoms with E-state index in [1.54, 1.807) is 0 Å². The van der Waals surface area contributed by atoms with Crippen molar-refractivity contribution in [3.63, 3.8) is 0 Å². The van der Waals surface area contributed by atoms with Crippen LogP contribution in [0.4, 0.5) is 4.79 Å². The Kier molecular flexibility index (Phi) is 7.83. The fourth-order valence-corrected chi connectivity index (χ4v) is 5.14. The Labute approximate surface area is 199 Å². The number of carboxylic acid groups (broad SMARTS) is 1. The minimum Gasteiger partial charge on any atom is -0.481 e. The number of ether oxygens (including phenoxy) is 1. The molecule has 1 saturated carbocycles. The molecule has 2 aromatic rings. The number of carbonyl (C=O) groups is 3. The zero-order chi connectivity index (χ0) is 23.9. The summed E-state index contributed by atoms with van der Waals surface area (Å²) in [6.45, 7) is 1.14. The molecule has 7 nitrogen and oxygen atoms in total. The molecule has 0 aromatic heterocycles. The SMILES string of the molecule is O=C(CCCNC(=O)OCC1c2ccccc2-c2ccccc21)NCC1CCCC(C(=O)O)C1. The molecule has 3 N–H and O–H groups in total. The van der Waals surface area contributed by atoms with Gasteiger partial charge in [-0.15, -0.1) is 0 Å². The zero-order valence-corrected chi connectivity index (χ0v) is 19.3. The standard InChI is InChI=1S/C27H32N2O5/c30-25(29-16-18-7-5-8-19(15-18)26(31)32)13-6-14-28-27(33)34-17-24-22-11-3-1-9-20(22)21-10-2-4-12-23(21)24/h1-4,9-12,18-19,24H,5-8,13-17H2,(H,28,33)(H,29,30)(H,31,32). The monoisotopic (exact) mass is 464 g/mol. The Bertz CT molecular complexity index is 992. The van der Waals surface area contributed by atoms with Crippen molar-refractivity contribution in [2.75, 3.05) is 19.7 Å². The molecule has 2 aliphatic carbocycles. The Balaban J connectivity index is 1.14. The molecule has 2 aromatic carbocycles. The van der Waals surface area contributed by atoms with Gasteiger partial charge in [0.05, 0.1) is 5.92 Å². The summed E-state index contributed by atoms with van der Waals surface area (Å²) in [5, 5.41) is 14.8. The van der Waals surface area contributed by atoms with Crippen LogP contribution in [0.5, 0.6) is 0 Å². The van der Waals surface area contributed by atoms with E-state index in [9.17, 15) is 19.5 Å². The summed E-state index contributed by atoms with van der Waals surface area (Å²) in [5.41, 5.74) is 4.70. The van der Waals surface area contributed by atoms with Gasteiger partial charge in [0.2, 0.25) is 5.91 Å². The van der Waals surface area contributed by atoms with Crippen molar-refractivity contribution in [3.8, 4) is 11.1 Å². The Morgan fingerprint density at radius 3 is 2.29 bits per heavy atom. The van der Waals surface area contributed by atoms with Crippen molar-refractivity contribution in [2.45, 2.75) is 44.4 Å². The first-order valence-electron chi connectivity index (χ1n) is 12.1. The molecule has 2 aliphatic rings. The number of nitrogens with one attached hydrogen (secondary N) is 2. The number of hydrogen-bond donors (Lipinski definition) is 3. The number of carbonyl (C=O) groups excluding carboxylic acids is 2. The minimum atomic E-state index is -0.740. The van der Waals surface area contributed by atoms with Gasteiger partial charge >= 0.3 is 12.1 Å². The summed E-state index contributed by atoms with van der Waals surface area (Å²) in [6.07, 6.45) is 3.52. The lowest BCUT2D eigenvalue weighted by molar-refractivity contribution is -0.143. The molecular weight excluding hydrogens is 432 g/mol. The first kappa shape index (κ1) is 23.8. The van der Waals surface area contributed by atoms with Gasteiger partial charge in [-0.2, -0.15) is 0 Å². The number of amides is 2. The van der Waals surface area contributed by atoms with Crippen molar-refractivity contribution >= 4 is 18.0 Å². The highest BCUT2D eigenvalue weighted by molar-refractivity contribution is 5.79. The van der Waals surface area contributed by atoms with Crippen LogP contribution in [0.25, 0.3) is 11.1 Å². The molecule has 0 spiro atoms. The fourth-order valence-electron chi connectivity index (χ4n) is 5.14. The smallest absolute Gasteiger partial charge is 0.407 e. The predicted octanol–water partition coefficient (Wildman–Crippen LogP) is 4.31. The van der Waals surface area contributed by atoms with Crippen molar-refractivity contribution in [2.24, 2.45) is 11.8 Å². The van der Waals surface area contributed by atoms with Gasteiger partial charge in [0.15, 0.2) is 0 Å². The Hall–Kier alpha value is -3.35.